The van der Waals surface area contributed by atoms with E-state index in [2.05, 4.69) is 15.4 Å². The summed E-state index contributed by atoms with van der Waals surface area (Å²) in [6.07, 6.45) is 1.01. The average Bonchev–Trinajstić information content (AvgIpc) is 2.37. The molecule has 0 aliphatic carbocycles. The van der Waals surface area contributed by atoms with Crippen LogP contribution >= 0.6 is 0 Å². The molecule has 0 spiro atoms. The van der Waals surface area contributed by atoms with Crippen molar-refractivity contribution < 1.29 is 24.0 Å². The number of methoxy groups -OCH3 is 1. The Kier molecular flexibility index (Phi) is 9.15. The lowest BCUT2D eigenvalue weighted by Crippen LogP contribution is -2.50. The first-order valence-corrected chi connectivity index (χ1v) is 6.01. The Morgan fingerprint density at radius 1 is 1.26 bits per heavy atom. The highest BCUT2D eigenvalue weighted by Gasteiger charge is 2.19. The maximum absolute atomic E-state index is 11.7. The zero-order valence-corrected chi connectivity index (χ0v) is 11.4. The summed E-state index contributed by atoms with van der Waals surface area (Å²) >= 11 is 0. The molecule has 0 aliphatic heterocycles. The van der Waals surface area contributed by atoms with Crippen molar-refractivity contribution in [3.05, 3.63) is 0 Å². The fourth-order valence-corrected chi connectivity index (χ4v) is 1.17. The lowest BCUT2D eigenvalue weighted by molar-refractivity contribution is -0.130. The molecule has 0 heterocycles. The minimum atomic E-state index is -0.869. The van der Waals surface area contributed by atoms with Gasteiger partial charge in [0.15, 0.2) is 0 Å². The molecule has 0 radical (unpaired) electrons. The van der Waals surface area contributed by atoms with Gasteiger partial charge in [0.1, 0.15) is 12.6 Å². The Morgan fingerprint density at radius 2 is 1.95 bits per heavy atom. The predicted molar refractivity (Wildman–Crippen MR) is 67.0 cm³/mol. The van der Waals surface area contributed by atoms with E-state index in [0.29, 0.717) is 6.54 Å². The van der Waals surface area contributed by atoms with E-state index >= 15 is 0 Å². The number of unbranched alkanes of at least 4 members (excludes halogenated alkanes) is 1. The molecule has 3 N–H and O–H groups in total. The van der Waals surface area contributed by atoms with Gasteiger partial charge < -0.3 is 15.4 Å². The monoisotopic (exact) mass is 275 g/mol. The minimum Gasteiger partial charge on any atom is -0.451 e. The van der Waals surface area contributed by atoms with E-state index < -0.39 is 12.1 Å². The van der Waals surface area contributed by atoms with Crippen LogP contribution in [-0.2, 0) is 19.2 Å². The molecule has 0 saturated heterocycles. The summed E-state index contributed by atoms with van der Waals surface area (Å²) in [7, 11) is 1.18. The van der Waals surface area contributed by atoms with Crippen LogP contribution in [0.3, 0.4) is 0 Å². The van der Waals surface area contributed by atoms with E-state index in [-0.39, 0.29) is 18.4 Å². The van der Waals surface area contributed by atoms with Crippen molar-refractivity contribution in [3.63, 3.8) is 0 Å². The fourth-order valence-electron chi connectivity index (χ4n) is 1.17. The second kappa shape index (κ2) is 10.1. The molecule has 0 saturated carbocycles. The molecule has 1 atom stereocenters. The number of ether oxygens (including phenoxy) is 1. The van der Waals surface area contributed by atoms with Crippen LogP contribution in [-0.4, -0.2) is 44.2 Å². The van der Waals surface area contributed by atoms with Crippen molar-refractivity contribution >= 4 is 17.9 Å². The summed E-state index contributed by atoms with van der Waals surface area (Å²) in [5, 5.41) is 5.09. The second-order valence-corrected chi connectivity index (χ2v) is 3.80. The molecule has 0 aromatic rings. The summed E-state index contributed by atoms with van der Waals surface area (Å²) in [6.45, 7) is 3.63. The quantitative estimate of drug-likeness (QED) is 0.416. The van der Waals surface area contributed by atoms with Crippen molar-refractivity contribution in [1.29, 1.82) is 0 Å². The lowest BCUT2D eigenvalue weighted by atomic mass is 10.2. The Labute approximate surface area is 112 Å². The Morgan fingerprint density at radius 3 is 2.47 bits per heavy atom. The number of hydroxylamine groups is 1. The summed E-state index contributed by atoms with van der Waals surface area (Å²) in [4.78, 5) is 38.3. The summed E-state index contributed by atoms with van der Waals surface area (Å²) in [6, 6.07) is -0.869. The number of amides is 3. The number of hydrogen-bond acceptors (Lipinski definition) is 5. The molecule has 0 aromatic heterocycles. The molecule has 0 aliphatic rings. The van der Waals surface area contributed by atoms with Crippen LogP contribution < -0.4 is 16.1 Å². The van der Waals surface area contributed by atoms with Gasteiger partial charge in [0.2, 0.25) is 11.8 Å². The van der Waals surface area contributed by atoms with Crippen LogP contribution in [0.4, 0.5) is 4.79 Å². The van der Waals surface area contributed by atoms with E-state index in [1.54, 1.807) is 0 Å². The third-order valence-corrected chi connectivity index (χ3v) is 2.11. The van der Waals surface area contributed by atoms with Gasteiger partial charge in [-0.05, 0) is 6.42 Å². The zero-order valence-electron chi connectivity index (χ0n) is 11.4. The van der Waals surface area contributed by atoms with Crippen LogP contribution in [0.2, 0.25) is 0 Å². The van der Waals surface area contributed by atoms with Crippen LogP contribution in [0, 0.1) is 0 Å². The van der Waals surface area contributed by atoms with Crippen LogP contribution in [0.25, 0.3) is 0 Å². The zero-order chi connectivity index (χ0) is 14.7. The van der Waals surface area contributed by atoms with Crippen molar-refractivity contribution in [1.82, 2.24) is 16.1 Å². The van der Waals surface area contributed by atoms with Crippen LogP contribution in [0.15, 0.2) is 0 Å². The average molecular weight is 275 g/mol. The first-order valence-electron chi connectivity index (χ1n) is 6.01. The summed E-state index contributed by atoms with van der Waals surface area (Å²) in [5.41, 5.74) is 1.97. The molecular weight excluding hydrogens is 254 g/mol. The largest absolute Gasteiger partial charge is 0.451 e. The van der Waals surface area contributed by atoms with Gasteiger partial charge in [0.05, 0.1) is 7.11 Å². The number of hydrogen-bond donors (Lipinski definition) is 3. The van der Waals surface area contributed by atoms with E-state index in [9.17, 15) is 14.4 Å². The highest BCUT2D eigenvalue weighted by Crippen LogP contribution is 1.89. The molecule has 0 bridgehead atoms. The number of carbonyl (C=O) groups is 3. The van der Waals surface area contributed by atoms with Gasteiger partial charge >= 0.3 is 6.09 Å². The molecule has 0 rings (SSSR count). The Bertz CT molecular complexity index is 309. The van der Waals surface area contributed by atoms with E-state index in [4.69, 9.17) is 4.84 Å². The van der Waals surface area contributed by atoms with Gasteiger partial charge in [-0.3, -0.25) is 14.4 Å². The van der Waals surface area contributed by atoms with Gasteiger partial charge in [-0.25, -0.2) is 4.79 Å². The molecule has 110 valence electrons. The van der Waals surface area contributed by atoms with Crippen molar-refractivity contribution in [2.24, 2.45) is 0 Å². The number of carbonyl (C=O) groups excluding carboxylic acids is 3. The van der Waals surface area contributed by atoms with Crippen molar-refractivity contribution in [3.8, 4) is 0 Å². The SMILES string of the molecule is CCCCNC(=O)[C@H](CONC(=O)OC)NC(C)=O. The van der Waals surface area contributed by atoms with Crippen molar-refractivity contribution in [2.45, 2.75) is 32.7 Å². The number of nitrogens with one attached hydrogen (secondary N) is 3. The number of rotatable bonds is 8. The third kappa shape index (κ3) is 8.83. The van der Waals surface area contributed by atoms with Gasteiger partial charge in [-0.15, -0.1) is 0 Å². The summed E-state index contributed by atoms with van der Waals surface area (Å²) < 4.78 is 4.29. The molecule has 0 fully saturated rings. The highest BCUT2D eigenvalue weighted by atomic mass is 16.7. The maximum Gasteiger partial charge on any atom is 0.431 e. The van der Waals surface area contributed by atoms with Gasteiger partial charge in [0.25, 0.3) is 0 Å². The molecule has 3 amide bonds. The first kappa shape index (κ1) is 17.2. The summed E-state index contributed by atoms with van der Waals surface area (Å²) in [5.74, 6) is -0.729. The van der Waals surface area contributed by atoms with E-state index in [1.165, 1.54) is 14.0 Å². The third-order valence-electron chi connectivity index (χ3n) is 2.11. The minimum absolute atomic E-state index is 0.188. The topological polar surface area (TPSA) is 106 Å². The lowest BCUT2D eigenvalue weighted by Gasteiger charge is -2.17. The Hall–Kier alpha value is -1.83. The van der Waals surface area contributed by atoms with Crippen LogP contribution in [0.1, 0.15) is 26.7 Å². The van der Waals surface area contributed by atoms with Gasteiger partial charge in [0, 0.05) is 13.5 Å². The predicted octanol–water partition coefficient (Wildman–Crippen LogP) is -0.305. The molecule has 8 heteroatoms. The van der Waals surface area contributed by atoms with Crippen molar-refractivity contribution in [2.75, 3.05) is 20.3 Å². The van der Waals surface area contributed by atoms with E-state index in [1.807, 2.05) is 12.4 Å². The smallest absolute Gasteiger partial charge is 0.431 e. The Balaban J connectivity index is 4.17. The highest BCUT2D eigenvalue weighted by molar-refractivity contribution is 5.86. The molecule has 8 nitrogen and oxygen atoms in total. The van der Waals surface area contributed by atoms with Gasteiger partial charge in [-0.1, -0.05) is 13.3 Å². The molecule has 0 unspecified atom stereocenters. The van der Waals surface area contributed by atoms with E-state index in [0.717, 1.165) is 12.8 Å². The standard InChI is InChI=1S/C11H21N3O5/c1-4-5-6-12-10(16)9(13-8(2)15)7-19-14-11(17)18-3/h9H,4-7H2,1-3H3,(H,12,16)(H,13,15)(H,14,17)/t9-/m0/s1. The maximum atomic E-state index is 11.7. The molecule has 0 aromatic carbocycles. The normalized spacial score (nSPS) is 11.3. The molecular formula is C11H21N3O5. The first-order chi connectivity index (χ1) is 9.01. The molecule has 19 heavy (non-hydrogen) atoms. The second-order valence-electron chi connectivity index (χ2n) is 3.80. The van der Waals surface area contributed by atoms with Crippen LogP contribution in [0.5, 0.6) is 0 Å². The van der Waals surface area contributed by atoms with Gasteiger partial charge in [-0.2, -0.15) is 5.48 Å². The fraction of sp³-hybridized carbons (Fsp3) is 0.727.